The zero-order valence-electron chi connectivity index (χ0n) is 18.7. The second kappa shape index (κ2) is 6.43. The summed E-state index contributed by atoms with van der Waals surface area (Å²) in [6, 6.07) is 11.4. The van der Waals surface area contributed by atoms with Crippen molar-refractivity contribution in [3.63, 3.8) is 0 Å². The smallest absolute Gasteiger partial charge is 0.399 e. The van der Waals surface area contributed by atoms with Gasteiger partial charge in [-0.2, -0.15) is 0 Å². The maximum atomic E-state index is 6.18. The molecule has 1 aromatic carbocycles. The number of pyridine rings is 1. The van der Waals surface area contributed by atoms with Gasteiger partial charge in [-0.25, -0.2) is 0 Å². The third-order valence-corrected chi connectivity index (χ3v) is 8.71. The van der Waals surface area contributed by atoms with Crippen molar-refractivity contribution in [2.75, 3.05) is 0 Å². The highest BCUT2D eigenvalue weighted by Gasteiger charge is 2.51. The van der Waals surface area contributed by atoms with E-state index >= 15 is 0 Å². The molecule has 2 unspecified atom stereocenters. The zero-order valence-corrected chi connectivity index (χ0v) is 18.7. The Hall–Kier alpha value is -1.65. The number of aromatic nitrogens is 1. The molecular formula is C26H32BNO2. The average molecular weight is 401 g/mol. The van der Waals surface area contributed by atoms with Gasteiger partial charge in [-0.1, -0.05) is 18.2 Å². The van der Waals surface area contributed by atoms with Gasteiger partial charge in [0, 0.05) is 17.2 Å². The molecule has 2 saturated carbocycles. The number of benzene rings is 1. The fourth-order valence-corrected chi connectivity index (χ4v) is 6.51. The number of nitrogens with zero attached hydrogens (tertiary/aromatic N) is 1. The second-order valence-electron chi connectivity index (χ2n) is 11.2. The lowest BCUT2D eigenvalue weighted by Gasteiger charge is -2.38. The van der Waals surface area contributed by atoms with E-state index < -0.39 is 0 Å². The van der Waals surface area contributed by atoms with Crippen LogP contribution in [0, 0.1) is 11.8 Å². The fraction of sp³-hybridized carbons (Fsp3) is 0.577. The van der Waals surface area contributed by atoms with Crippen molar-refractivity contribution in [2.45, 2.75) is 82.8 Å². The van der Waals surface area contributed by atoms with Crippen molar-refractivity contribution in [1.29, 1.82) is 0 Å². The lowest BCUT2D eigenvalue weighted by atomic mass is 9.67. The number of hydrogen-bond acceptors (Lipinski definition) is 3. The first-order valence-electron chi connectivity index (χ1n) is 11.7. The monoisotopic (exact) mass is 401 g/mol. The molecule has 1 aliphatic heterocycles. The second-order valence-corrected chi connectivity index (χ2v) is 11.2. The molecule has 1 saturated heterocycles. The molecule has 2 atom stereocenters. The first-order valence-corrected chi connectivity index (χ1v) is 11.7. The van der Waals surface area contributed by atoms with Crippen molar-refractivity contribution in [3.05, 3.63) is 47.7 Å². The molecule has 0 spiro atoms. The predicted molar refractivity (Wildman–Crippen MR) is 121 cm³/mol. The summed E-state index contributed by atoms with van der Waals surface area (Å²) >= 11 is 0. The molecule has 2 aromatic rings. The summed E-state index contributed by atoms with van der Waals surface area (Å²) in [6.07, 6.45) is 9.04. The van der Waals surface area contributed by atoms with Crippen LogP contribution in [0.15, 0.2) is 36.5 Å². The van der Waals surface area contributed by atoms with Crippen LogP contribution in [0.1, 0.15) is 82.8 Å². The molecule has 4 heteroatoms. The van der Waals surface area contributed by atoms with Crippen LogP contribution in [0.4, 0.5) is 0 Å². The summed E-state index contributed by atoms with van der Waals surface area (Å²) in [5, 5.41) is 0. The van der Waals surface area contributed by atoms with Gasteiger partial charge in [-0.15, -0.1) is 0 Å². The zero-order chi connectivity index (χ0) is 20.7. The minimum atomic E-state index is -0.352. The van der Waals surface area contributed by atoms with Crippen molar-refractivity contribution in [2.24, 2.45) is 11.8 Å². The Kier molecular flexibility index (Phi) is 4.09. The molecular weight excluding hydrogens is 369 g/mol. The molecule has 7 rings (SSSR count). The van der Waals surface area contributed by atoms with E-state index in [9.17, 15) is 0 Å². The summed E-state index contributed by atoms with van der Waals surface area (Å²) in [5.41, 5.74) is 5.89. The van der Waals surface area contributed by atoms with E-state index in [4.69, 9.17) is 14.3 Å². The highest BCUT2D eigenvalue weighted by atomic mass is 16.7. The van der Waals surface area contributed by atoms with E-state index in [1.807, 2.05) is 6.20 Å². The highest BCUT2D eigenvalue weighted by Crippen LogP contribution is 2.56. The van der Waals surface area contributed by atoms with E-state index in [0.29, 0.717) is 0 Å². The van der Waals surface area contributed by atoms with Crippen molar-refractivity contribution < 1.29 is 9.31 Å². The molecule has 0 radical (unpaired) electrons. The highest BCUT2D eigenvalue weighted by molar-refractivity contribution is 6.62. The Balaban J connectivity index is 1.29. The third kappa shape index (κ3) is 2.91. The van der Waals surface area contributed by atoms with Gasteiger partial charge in [-0.3, -0.25) is 4.98 Å². The van der Waals surface area contributed by atoms with Crippen LogP contribution < -0.4 is 5.46 Å². The van der Waals surface area contributed by atoms with Gasteiger partial charge in [0.25, 0.3) is 0 Å². The maximum Gasteiger partial charge on any atom is 0.496 e. The SMILES string of the molecule is CC1(C)OB(c2ccc(-c3ccc4c(c3)C3CC5CC(CC4C5)C3)nc2)OC1(C)C. The van der Waals surface area contributed by atoms with Gasteiger partial charge in [0.15, 0.2) is 0 Å². The van der Waals surface area contributed by atoms with E-state index in [2.05, 4.69) is 58.0 Å². The third-order valence-electron chi connectivity index (χ3n) is 8.71. The van der Waals surface area contributed by atoms with E-state index in [-0.39, 0.29) is 18.3 Å². The Morgan fingerprint density at radius 3 is 2.03 bits per heavy atom. The lowest BCUT2D eigenvalue weighted by Crippen LogP contribution is -2.41. The Morgan fingerprint density at radius 1 is 0.800 bits per heavy atom. The van der Waals surface area contributed by atoms with Gasteiger partial charge < -0.3 is 9.31 Å². The molecule has 30 heavy (non-hydrogen) atoms. The van der Waals surface area contributed by atoms with Gasteiger partial charge in [0.05, 0.1) is 16.9 Å². The van der Waals surface area contributed by atoms with Gasteiger partial charge in [-0.05, 0) is 107 Å². The van der Waals surface area contributed by atoms with Gasteiger partial charge in [0.2, 0.25) is 0 Å². The molecule has 4 aliphatic carbocycles. The maximum absolute atomic E-state index is 6.18. The number of hydrogen-bond donors (Lipinski definition) is 0. The molecule has 1 aromatic heterocycles. The lowest BCUT2D eigenvalue weighted by molar-refractivity contribution is 0.00578. The van der Waals surface area contributed by atoms with E-state index in [0.717, 1.165) is 34.8 Å². The van der Waals surface area contributed by atoms with Gasteiger partial charge in [0.1, 0.15) is 0 Å². The minimum absolute atomic E-state index is 0.328. The summed E-state index contributed by atoms with van der Waals surface area (Å²) < 4.78 is 12.4. The van der Waals surface area contributed by atoms with E-state index in [1.54, 1.807) is 11.1 Å². The van der Waals surface area contributed by atoms with Crippen LogP contribution in [-0.2, 0) is 9.31 Å². The molecule has 5 aliphatic rings. The van der Waals surface area contributed by atoms with E-state index in [1.165, 1.54) is 37.7 Å². The molecule has 3 fully saturated rings. The quantitative estimate of drug-likeness (QED) is 0.628. The van der Waals surface area contributed by atoms with Gasteiger partial charge >= 0.3 is 7.12 Å². The minimum Gasteiger partial charge on any atom is -0.399 e. The van der Waals surface area contributed by atoms with Crippen LogP contribution in [-0.4, -0.2) is 23.3 Å². The molecule has 3 nitrogen and oxygen atoms in total. The predicted octanol–water partition coefficient (Wildman–Crippen LogP) is 5.44. The number of rotatable bonds is 2. The summed E-state index contributed by atoms with van der Waals surface area (Å²) in [5.74, 6) is 3.48. The molecule has 156 valence electrons. The first kappa shape index (κ1) is 19.1. The first-order chi connectivity index (χ1) is 14.3. The van der Waals surface area contributed by atoms with Crippen molar-refractivity contribution >= 4 is 12.6 Å². The van der Waals surface area contributed by atoms with Crippen LogP contribution in [0.2, 0.25) is 0 Å². The molecule has 0 amide bonds. The standard InChI is InChI=1S/C26H32BNO2/c1-25(2)26(3,4)30-27(29-25)21-6-8-24(28-15-21)18-5-7-22-19-10-16-9-17(11-19)13-20(12-16)23(22)14-18/h5-8,14-17,19-20H,9-13H2,1-4H3. The molecule has 0 N–H and O–H groups in total. The largest absolute Gasteiger partial charge is 0.496 e. The Bertz CT molecular complexity index is 953. The Morgan fingerprint density at radius 2 is 1.43 bits per heavy atom. The summed E-state index contributed by atoms with van der Waals surface area (Å²) in [6.45, 7) is 8.35. The van der Waals surface area contributed by atoms with Crippen LogP contribution >= 0.6 is 0 Å². The summed E-state index contributed by atoms with van der Waals surface area (Å²) in [7, 11) is -0.352. The average Bonchev–Trinajstić information content (AvgIpc) is 2.81. The molecule has 4 bridgehead atoms. The fourth-order valence-electron chi connectivity index (χ4n) is 6.51. The topological polar surface area (TPSA) is 31.4 Å². The van der Waals surface area contributed by atoms with Crippen LogP contribution in [0.5, 0.6) is 0 Å². The van der Waals surface area contributed by atoms with Crippen molar-refractivity contribution in [1.82, 2.24) is 4.98 Å². The van der Waals surface area contributed by atoms with Crippen molar-refractivity contribution in [3.8, 4) is 11.3 Å². The Labute approximate surface area is 180 Å². The normalized spacial score (nSPS) is 32.9. The molecule has 2 heterocycles. The summed E-state index contributed by atoms with van der Waals surface area (Å²) in [4.78, 5) is 4.81. The van der Waals surface area contributed by atoms with Crippen LogP contribution in [0.3, 0.4) is 0 Å². The van der Waals surface area contributed by atoms with Crippen LogP contribution in [0.25, 0.3) is 11.3 Å².